The molecule has 0 aromatic heterocycles. The van der Waals surface area contributed by atoms with Gasteiger partial charge in [-0.25, -0.2) is 0 Å². The molecule has 67 heavy (non-hydrogen) atoms. The maximum absolute atomic E-state index is 13.0. The predicted octanol–water partition coefficient (Wildman–Crippen LogP) is 6.88. The minimum absolute atomic E-state index is 0.141. The zero-order chi connectivity index (χ0) is 48.9. The molecule has 15 nitrogen and oxygen atoms in total. The third-order valence-electron chi connectivity index (χ3n) is 11.7. The summed E-state index contributed by atoms with van der Waals surface area (Å²) in [5.74, 6) is -0.961. The number of hydrogen-bond acceptors (Lipinski definition) is 15. The molecule has 0 saturated carbocycles. The predicted molar refractivity (Wildman–Crippen MR) is 256 cm³/mol. The average molecular weight is 953 g/mol. The highest BCUT2D eigenvalue weighted by Gasteiger charge is 2.47. The third-order valence-corrected chi connectivity index (χ3v) is 11.7. The van der Waals surface area contributed by atoms with Crippen LogP contribution in [0, 0.1) is 0 Å². The maximum atomic E-state index is 13.0. The number of rotatable bonds is 38. The van der Waals surface area contributed by atoms with Crippen molar-refractivity contribution < 1.29 is 73.8 Å². The Morgan fingerprint density at radius 3 is 1.48 bits per heavy atom. The molecule has 0 aromatic carbocycles. The molecule has 0 amide bonds. The molecular weight excluding hydrogens is 865 g/mol. The molecular formula is C52H88O15. The fourth-order valence-corrected chi connectivity index (χ4v) is 7.55. The van der Waals surface area contributed by atoms with Gasteiger partial charge in [0.1, 0.15) is 55.4 Å². The van der Waals surface area contributed by atoms with E-state index in [0.717, 1.165) is 103 Å². The number of allylic oxidation sites excluding steroid dienone is 10. The van der Waals surface area contributed by atoms with Crippen LogP contribution >= 0.6 is 0 Å². The largest absolute Gasteiger partial charge is 0.462 e. The molecule has 0 spiro atoms. The minimum atomic E-state index is -1.77. The lowest BCUT2D eigenvalue weighted by molar-refractivity contribution is -0.332. The highest BCUT2D eigenvalue weighted by Crippen LogP contribution is 2.26. The Labute approximate surface area is 400 Å². The molecule has 2 heterocycles. The van der Waals surface area contributed by atoms with Gasteiger partial charge in [-0.05, 0) is 77.0 Å². The van der Waals surface area contributed by atoms with Crippen LogP contribution in [-0.4, -0.2) is 142 Å². The van der Waals surface area contributed by atoms with E-state index in [0.29, 0.717) is 12.8 Å². The zero-order valence-electron chi connectivity index (χ0n) is 40.6. The summed E-state index contributed by atoms with van der Waals surface area (Å²) in [5, 5.41) is 72.0. The van der Waals surface area contributed by atoms with Crippen LogP contribution in [0.15, 0.2) is 60.8 Å². The number of carbonyl (C=O) groups is 2. The van der Waals surface area contributed by atoms with Gasteiger partial charge >= 0.3 is 11.9 Å². The van der Waals surface area contributed by atoms with Crippen molar-refractivity contribution in [3.63, 3.8) is 0 Å². The number of aliphatic hydroxyl groups excluding tert-OH is 7. The quantitative estimate of drug-likeness (QED) is 0.0190. The van der Waals surface area contributed by atoms with Crippen LogP contribution in [0.3, 0.4) is 0 Å². The summed E-state index contributed by atoms with van der Waals surface area (Å²) in [7, 11) is 0. The Bertz CT molecular complexity index is 1400. The van der Waals surface area contributed by atoms with Crippen molar-refractivity contribution in [2.75, 3.05) is 26.4 Å². The molecule has 0 radical (unpaired) electrons. The molecule has 0 aromatic rings. The second-order valence-corrected chi connectivity index (χ2v) is 17.6. The van der Waals surface area contributed by atoms with E-state index in [9.17, 15) is 45.3 Å². The molecule has 2 aliphatic heterocycles. The van der Waals surface area contributed by atoms with Crippen molar-refractivity contribution >= 4 is 11.9 Å². The summed E-state index contributed by atoms with van der Waals surface area (Å²) in [6.45, 7) is 2.41. The van der Waals surface area contributed by atoms with Crippen molar-refractivity contribution in [3.8, 4) is 0 Å². The fraction of sp³-hybridized carbons (Fsp3) is 0.769. The van der Waals surface area contributed by atoms with Crippen LogP contribution < -0.4 is 0 Å². The van der Waals surface area contributed by atoms with Crippen LogP contribution in [0.4, 0.5) is 0 Å². The zero-order valence-corrected chi connectivity index (χ0v) is 40.6. The molecule has 11 unspecified atom stereocenters. The fourth-order valence-electron chi connectivity index (χ4n) is 7.55. The summed E-state index contributed by atoms with van der Waals surface area (Å²) in [6, 6.07) is 0. The molecule has 386 valence electrons. The van der Waals surface area contributed by atoms with E-state index >= 15 is 0 Å². The average Bonchev–Trinajstić information content (AvgIpc) is 3.32. The highest BCUT2D eigenvalue weighted by molar-refractivity contribution is 5.70. The first kappa shape index (κ1) is 60.3. The van der Waals surface area contributed by atoms with E-state index in [4.69, 9.17) is 28.4 Å². The highest BCUT2D eigenvalue weighted by atomic mass is 16.7. The lowest BCUT2D eigenvalue weighted by atomic mass is 9.98. The first-order chi connectivity index (χ1) is 32.5. The second kappa shape index (κ2) is 39.0. The van der Waals surface area contributed by atoms with Crippen LogP contribution in [0.2, 0.25) is 0 Å². The van der Waals surface area contributed by atoms with Crippen LogP contribution in [0.1, 0.15) is 162 Å². The molecule has 2 aliphatic rings. The standard InChI is InChI=1S/C52H88O15/c1-3-5-7-9-11-13-15-17-19-21-22-24-26-28-30-32-34-43(54)62-37-40(65-44(55)35-33-31-29-27-25-23-20-18-16-14-12-10-8-6-4-2)38-63-51-50(61)48(59)46(57)42(67-51)39-64-52-49(60)47(58)45(56)41(36-53)66-52/h6,8,11-14,17-20,40-42,45-53,56-61H,3-5,7,9-10,15-16,21-39H2,1-2H3. The lowest BCUT2D eigenvalue weighted by Gasteiger charge is -2.42. The number of ether oxygens (including phenoxy) is 6. The van der Waals surface area contributed by atoms with Gasteiger partial charge in [0.15, 0.2) is 18.7 Å². The Morgan fingerprint density at radius 2 is 0.940 bits per heavy atom. The van der Waals surface area contributed by atoms with Gasteiger partial charge < -0.3 is 64.2 Å². The summed E-state index contributed by atoms with van der Waals surface area (Å²) in [6.07, 6.45) is 26.7. The van der Waals surface area contributed by atoms with Crippen molar-refractivity contribution in [1.29, 1.82) is 0 Å². The van der Waals surface area contributed by atoms with E-state index in [1.807, 2.05) is 0 Å². The van der Waals surface area contributed by atoms with Crippen molar-refractivity contribution in [2.24, 2.45) is 0 Å². The van der Waals surface area contributed by atoms with Crippen molar-refractivity contribution in [3.05, 3.63) is 60.8 Å². The molecule has 7 N–H and O–H groups in total. The van der Waals surface area contributed by atoms with Gasteiger partial charge in [0.2, 0.25) is 0 Å². The first-order valence-electron chi connectivity index (χ1n) is 25.4. The summed E-state index contributed by atoms with van der Waals surface area (Å²) in [4.78, 5) is 25.7. The van der Waals surface area contributed by atoms with Gasteiger partial charge in [-0.1, -0.05) is 132 Å². The second-order valence-electron chi connectivity index (χ2n) is 17.6. The van der Waals surface area contributed by atoms with Gasteiger partial charge in [0, 0.05) is 12.8 Å². The summed E-state index contributed by atoms with van der Waals surface area (Å²) in [5.41, 5.74) is 0. The lowest BCUT2D eigenvalue weighted by Crippen LogP contribution is -2.61. The van der Waals surface area contributed by atoms with Gasteiger partial charge in [-0.3, -0.25) is 9.59 Å². The van der Waals surface area contributed by atoms with Gasteiger partial charge in [-0.2, -0.15) is 0 Å². The molecule has 0 aliphatic carbocycles. The van der Waals surface area contributed by atoms with Crippen LogP contribution in [0.5, 0.6) is 0 Å². The molecule has 2 rings (SSSR count). The van der Waals surface area contributed by atoms with Gasteiger partial charge in [0.25, 0.3) is 0 Å². The van der Waals surface area contributed by atoms with E-state index in [-0.39, 0.29) is 19.4 Å². The van der Waals surface area contributed by atoms with Crippen LogP contribution in [-0.2, 0) is 38.0 Å². The monoisotopic (exact) mass is 953 g/mol. The Kier molecular flexibility index (Phi) is 35.1. The molecule has 11 atom stereocenters. The van der Waals surface area contributed by atoms with Gasteiger partial charge in [-0.15, -0.1) is 0 Å². The molecule has 2 saturated heterocycles. The Morgan fingerprint density at radius 1 is 0.493 bits per heavy atom. The van der Waals surface area contributed by atoms with E-state index in [2.05, 4.69) is 74.6 Å². The molecule has 2 fully saturated rings. The van der Waals surface area contributed by atoms with Crippen molar-refractivity contribution in [1.82, 2.24) is 0 Å². The summed E-state index contributed by atoms with van der Waals surface area (Å²) < 4.78 is 33.5. The molecule has 0 bridgehead atoms. The van der Waals surface area contributed by atoms with E-state index in [1.165, 1.54) is 19.3 Å². The third kappa shape index (κ3) is 27.3. The number of esters is 2. The van der Waals surface area contributed by atoms with Gasteiger partial charge in [0.05, 0.1) is 19.8 Å². The Balaban J connectivity index is 1.83. The number of carbonyl (C=O) groups excluding carboxylic acids is 2. The summed E-state index contributed by atoms with van der Waals surface area (Å²) >= 11 is 0. The molecule has 15 heteroatoms. The van der Waals surface area contributed by atoms with Crippen LogP contribution in [0.25, 0.3) is 0 Å². The first-order valence-corrected chi connectivity index (χ1v) is 25.4. The van der Waals surface area contributed by atoms with E-state index < -0.39 is 99.3 Å². The topological polar surface area (TPSA) is 231 Å². The van der Waals surface area contributed by atoms with Crippen molar-refractivity contribution in [2.45, 2.75) is 229 Å². The smallest absolute Gasteiger partial charge is 0.306 e. The number of hydrogen-bond donors (Lipinski definition) is 7. The van der Waals surface area contributed by atoms with E-state index in [1.54, 1.807) is 0 Å². The normalized spacial score (nSPS) is 26.5. The SMILES string of the molecule is CCC=CCC=CCC=CCCCCCCCC(=O)OC(COC(=O)CCCCCCCCC=CCC=CCCCCC)COC1OC(COC2OC(CO)C(O)C(O)C2O)C(O)C(O)C1O. The minimum Gasteiger partial charge on any atom is -0.462 e. The maximum Gasteiger partial charge on any atom is 0.306 e. The Hall–Kier alpha value is -2.80. The number of aliphatic hydroxyl groups is 7. The number of unbranched alkanes of at least 4 members (excludes halogenated alkanes) is 14.